The van der Waals surface area contributed by atoms with Gasteiger partial charge in [0.2, 0.25) is 0 Å². The van der Waals surface area contributed by atoms with Crippen molar-refractivity contribution in [3.8, 4) is 22.5 Å². The number of hydrogen-bond donors (Lipinski definition) is 0. The first-order valence-electron chi connectivity index (χ1n) is 16.7. The Balaban J connectivity index is 1.13. The molecule has 0 saturated heterocycles. The van der Waals surface area contributed by atoms with Crippen LogP contribution in [0.15, 0.2) is 146 Å². The van der Waals surface area contributed by atoms with Crippen molar-refractivity contribution in [3.63, 3.8) is 0 Å². The second kappa shape index (κ2) is 9.25. The van der Waals surface area contributed by atoms with Crippen LogP contribution < -0.4 is 0 Å². The van der Waals surface area contributed by atoms with E-state index in [-0.39, 0.29) is 5.41 Å². The summed E-state index contributed by atoms with van der Waals surface area (Å²) in [6.45, 7) is 4.79. The van der Waals surface area contributed by atoms with Crippen LogP contribution >= 0.6 is 11.3 Å². The third-order valence-electron chi connectivity index (χ3n) is 10.9. The van der Waals surface area contributed by atoms with Gasteiger partial charge in [0.15, 0.2) is 0 Å². The largest absolute Gasteiger partial charge is 0.309 e. The first-order valence-corrected chi connectivity index (χ1v) is 17.5. The Labute approximate surface area is 281 Å². The van der Waals surface area contributed by atoms with Crippen LogP contribution in [0, 0.1) is 0 Å². The maximum atomic E-state index is 2.52. The van der Waals surface area contributed by atoms with Crippen molar-refractivity contribution in [2.75, 3.05) is 0 Å². The summed E-state index contributed by atoms with van der Waals surface area (Å²) in [5.74, 6) is 0. The van der Waals surface area contributed by atoms with E-state index in [1.165, 1.54) is 97.4 Å². The minimum absolute atomic E-state index is 0.166. The molecule has 0 aliphatic heterocycles. The van der Waals surface area contributed by atoms with Crippen LogP contribution in [-0.2, 0) is 5.41 Å². The van der Waals surface area contributed by atoms with E-state index in [1.54, 1.807) is 0 Å². The average molecular weight is 631 g/mol. The van der Waals surface area contributed by atoms with Crippen LogP contribution in [0.25, 0.3) is 86.3 Å². The van der Waals surface area contributed by atoms with Crippen molar-refractivity contribution in [3.05, 3.63) is 157 Å². The van der Waals surface area contributed by atoms with E-state index in [4.69, 9.17) is 0 Å². The number of thiophene rings is 1. The molecule has 11 rings (SSSR count). The van der Waals surface area contributed by atoms with Crippen LogP contribution in [0.5, 0.6) is 0 Å². The highest BCUT2D eigenvalue weighted by Crippen LogP contribution is 2.51. The number of hydrogen-bond acceptors (Lipinski definition) is 1. The fraction of sp³-hybridized carbons (Fsp3) is 0.0667. The number of fused-ring (bicyclic) bond motifs is 13. The van der Waals surface area contributed by atoms with Crippen LogP contribution in [0.1, 0.15) is 25.0 Å². The summed E-state index contributed by atoms with van der Waals surface area (Å²) >= 11 is 1.91. The Hall–Kier alpha value is -5.64. The fourth-order valence-electron chi connectivity index (χ4n) is 8.69. The van der Waals surface area contributed by atoms with Gasteiger partial charge in [0, 0.05) is 53.8 Å². The SMILES string of the molecule is CC1(C)c2cc(-n3c4ccccc4c4ccccc43)ccc2-c2ccc(-n3c4ccccc4c4ccc5c6ccccc6sc5c43)cc21. The molecular weight excluding hydrogens is 601 g/mol. The highest BCUT2D eigenvalue weighted by molar-refractivity contribution is 7.26. The molecule has 3 aromatic heterocycles. The van der Waals surface area contributed by atoms with Crippen molar-refractivity contribution in [1.82, 2.24) is 9.13 Å². The molecule has 10 aromatic rings. The van der Waals surface area contributed by atoms with Gasteiger partial charge >= 0.3 is 0 Å². The summed E-state index contributed by atoms with van der Waals surface area (Å²) in [4.78, 5) is 0. The van der Waals surface area contributed by atoms with Crippen LogP contribution in [0.2, 0.25) is 0 Å². The summed E-state index contributed by atoms with van der Waals surface area (Å²) in [6, 6.07) is 54.2. The normalized spacial score (nSPS) is 13.8. The fourth-order valence-corrected chi connectivity index (χ4v) is 9.93. The first-order chi connectivity index (χ1) is 23.6. The van der Waals surface area contributed by atoms with Crippen molar-refractivity contribution in [2.24, 2.45) is 0 Å². The van der Waals surface area contributed by atoms with Gasteiger partial charge in [-0.05, 0) is 70.8 Å². The summed E-state index contributed by atoms with van der Waals surface area (Å²) in [5, 5.41) is 7.85. The maximum absolute atomic E-state index is 2.52. The molecule has 3 heterocycles. The standard InChI is InChI=1S/C45H30N2S/c1-45(2)37-25-27(46-39-15-7-3-11-31(39)32-12-4-8-16-40(32)46)19-21-29(37)30-22-20-28(26-38(30)45)47-41-17-9-5-13-33(41)35-23-24-36-34-14-6-10-18-42(34)48-44(36)43(35)47/h3-26H,1-2H3. The van der Waals surface area contributed by atoms with Gasteiger partial charge in [-0.3, -0.25) is 0 Å². The smallest absolute Gasteiger partial charge is 0.0719 e. The summed E-state index contributed by atoms with van der Waals surface area (Å²) in [5.41, 5.74) is 12.7. The van der Waals surface area contributed by atoms with E-state index >= 15 is 0 Å². The van der Waals surface area contributed by atoms with Gasteiger partial charge in [0.05, 0.1) is 26.8 Å². The van der Waals surface area contributed by atoms with Gasteiger partial charge in [0.25, 0.3) is 0 Å². The Morgan fingerprint density at radius 3 is 1.54 bits per heavy atom. The van der Waals surface area contributed by atoms with E-state index in [0.29, 0.717) is 0 Å². The minimum Gasteiger partial charge on any atom is -0.309 e. The lowest BCUT2D eigenvalue weighted by atomic mass is 9.82. The van der Waals surface area contributed by atoms with Crippen LogP contribution in [0.3, 0.4) is 0 Å². The first kappa shape index (κ1) is 26.4. The van der Waals surface area contributed by atoms with Gasteiger partial charge in [0.1, 0.15) is 0 Å². The van der Waals surface area contributed by atoms with E-state index in [0.717, 1.165) is 0 Å². The molecule has 1 aliphatic carbocycles. The highest BCUT2D eigenvalue weighted by Gasteiger charge is 2.36. The van der Waals surface area contributed by atoms with Crippen molar-refractivity contribution in [1.29, 1.82) is 0 Å². The second-order valence-corrected chi connectivity index (χ2v) is 14.8. The second-order valence-electron chi connectivity index (χ2n) is 13.7. The summed E-state index contributed by atoms with van der Waals surface area (Å²) in [6.07, 6.45) is 0. The Bertz CT molecular complexity index is 2930. The van der Waals surface area contributed by atoms with Gasteiger partial charge < -0.3 is 9.13 Å². The predicted octanol–water partition coefficient (Wildman–Crippen LogP) is 12.6. The number of nitrogens with zero attached hydrogens (tertiary/aromatic N) is 2. The predicted molar refractivity (Wildman–Crippen MR) is 206 cm³/mol. The molecule has 2 nitrogen and oxygen atoms in total. The quantitative estimate of drug-likeness (QED) is 0.180. The highest BCUT2D eigenvalue weighted by atomic mass is 32.1. The molecule has 48 heavy (non-hydrogen) atoms. The molecule has 7 aromatic carbocycles. The van der Waals surface area contributed by atoms with E-state index < -0.39 is 0 Å². The van der Waals surface area contributed by atoms with Crippen LogP contribution in [0.4, 0.5) is 0 Å². The van der Waals surface area contributed by atoms with Gasteiger partial charge in [-0.25, -0.2) is 0 Å². The molecular formula is C45H30N2S. The molecule has 0 atom stereocenters. The summed E-state index contributed by atoms with van der Waals surface area (Å²) < 4.78 is 7.64. The Kier molecular flexibility index (Phi) is 5.09. The molecule has 0 amide bonds. The molecule has 0 N–H and O–H groups in total. The molecule has 0 radical (unpaired) electrons. The Morgan fingerprint density at radius 1 is 0.438 bits per heavy atom. The lowest BCUT2D eigenvalue weighted by Gasteiger charge is -2.23. The zero-order valence-corrected chi connectivity index (χ0v) is 27.5. The van der Waals surface area contributed by atoms with Gasteiger partial charge in [-0.1, -0.05) is 111 Å². The number of para-hydroxylation sites is 3. The number of rotatable bonds is 2. The molecule has 0 fully saturated rings. The Morgan fingerprint density at radius 2 is 0.917 bits per heavy atom. The molecule has 0 spiro atoms. The average Bonchev–Trinajstić information content (AvgIpc) is 3.84. The van der Waals surface area contributed by atoms with Crippen LogP contribution in [-0.4, -0.2) is 9.13 Å². The maximum Gasteiger partial charge on any atom is 0.0719 e. The van der Waals surface area contributed by atoms with Gasteiger partial charge in [-0.15, -0.1) is 11.3 Å². The number of aromatic nitrogens is 2. The third-order valence-corrected chi connectivity index (χ3v) is 12.1. The minimum atomic E-state index is -0.166. The van der Waals surface area contributed by atoms with Crippen molar-refractivity contribution in [2.45, 2.75) is 19.3 Å². The molecule has 0 unspecified atom stereocenters. The third kappa shape index (κ3) is 3.31. The molecule has 226 valence electrons. The monoisotopic (exact) mass is 630 g/mol. The zero-order valence-electron chi connectivity index (χ0n) is 26.7. The molecule has 3 heteroatoms. The lowest BCUT2D eigenvalue weighted by Crippen LogP contribution is -2.16. The summed E-state index contributed by atoms with van der Waals surface area (Å²) in [7, 11) is 0. The molecule has 1 aliphatic rings. The van der Waals surface area contributed by atoms with E-state index in [2.05, 4.69) is 169 Å². The lowest BCUT2D eigenvalue weighted by molar-refractivity contribution is 0.659. The zero-order chi connectivity index (χ0) is 31.7. The van der Waals surface area contributed by atoms with E-state index in [9.17, 15) is 0 Å². The molecule has 0 saturated carbocycles. The van der Waals surface area contributed by atoms with E-state index in [1.807, 2.05) is 11.3 Å². The van der Waals surface area contributed by atoms with Gasteiger partial charge in [-0.2, -0.15) is 0 Å². The number of benzene rings is 7. The van der Waals surface area contributed by atoms with Crippen molar-refractivity contribution < 1.29 is 0 Å². The topological polar surface area (TPSA) is 9.86 Å². The molecule has 0 bridgehead atoms. The van der Waals surface area contributed by atoms with Crippen molar-refractivity contribution >= 4 is 75.1 Å².